The minimum Gasteiger partial charge on any atom is -0.443 e. The quantitative estimate of drug-likeness (QED) is 0.809. The van der Waals surface area contributed by atoms with Crippen molar-refractivity contribution >= 4 is 9.84 Å². The maximum absolute atomic E-state index is 11.0. The van der Waals surface area contributed by atoms with Gasteiger partial charge in [0.25, 0.3) is 0 Å². The Hall–Kier alpha value is -0.880. The van der Waals surface area contributed by atoms with E-state index < -0.39 is 9.84 Å². The number of aromatic nitrogens is 1. The Labute approximate surface area is 96.2 Å². The Balaban J connectivity index is 2.46. The summed E-state index contributed by atoms with van der Waals surface area (Å²) in [6.45, 7) is 5.63. The lowest BCUT2D eigenvalue weighted by Crippen LogP contribution is -2.19. The summed E-state index contributed by atoms with van der Waals surface area (Å²) >= 11 is 0. The molecule has 0 radical (unpaired) electrons. The number of rotatable bonds is 6. The Bertz CT molecular complexity index is 423. The fourth-order valence-electron chi connectivity index (χ4n) is 1.22. The molecule has 1 aromatic heterocycles. The van der Waals surface area contributed by atoms with Crippen molar-refractivity contribution in [3.63, 3.8) is 0 Å². The molecule has 6 heteroatoms. The molecule has 0 aliphatic carbocycles. The zero-order valence-corrected chi connectivity index (χ0v) is 10.7. The Morgan fingerprint density at radius 1 is 1.50 bits per heavy atom. The molecule has 0 unspecified atom stereocenters. The van der Waals surface area contributed by atoms with Crippen LogP contribution in [0.1, 0.15) is 25.5 Å². The maximum atomic E-state index is 11.0. The third-order valence-electron chi connectivity index (χ3n) is 1.83. The molecule has 1 aromatic rings. The summed E-state index contributed by atoms with van der Waals surface area (Å²) in [6.07, 6.45) is 2.64. The lowest BCUT2D eigenvalue weighted by atomic mass is 10.2. The van der Waals surface area contributed by atoms with Crippen LogP contribution in [0.25, 0.3) is 0 Å². The lowest BCUT2D eigenvalue weighted by Gasteiger charge is -2.04. The summed E-state index contributed by atoms with van der Waals surface area (Å²) in [7, 11) is -3.05. The van der Waals surface area contributed by atoms with Crippen molar-refractivity contribution in [1.82, 2.24) is 10.3 Å². The van der Waals surface area contributed by atoms with E-state index in [9.17, 15) is 8.42 Å². The van der Waals surface area contributed by atoms with Crippen LogP contribution in [0.5, 0.6) is 0 Å². The van der Waals surface area contributed by atoms with E-state index in [-0.39, 0.29) is 5.75 Å². The van der Waals surface area contributed by atoms with Crippen LogP contribution in [-0.2, 0) is 22.1 Å². The summed E-state index contributed by atoms with van der Waals surface area (Å²) in [6, 6.07) is 0. The van der Waals surface area contributed by atoms with Gasteiger partial charge in [0.05, 0.1) is 12.7 Å². The molecule has 1 rings (SSSR count). The van der Waals surface area contributed by atoms with Crippen molar-refractivity contribution < 1.29 is 12.8 Å². The number of nitrogens with one attached hydrogen (secondary N) is 1. The van der Waals surface area contributed by atoms with E-state index in [0.717, 1.165) is 6.54 Å². The lowest BCUT2D eigenvalue weighted by molar-refractivity contribution is 0.433. The smallest absolute Gasteiger partial charge is 0.208 e. The fraction of sp³-hybridized carbons (Fsp3) is 0.700. The molecule has 5 nitrogen and oxygen atoms in total. The van der Waals surface area contributed by atoms with Gasteiger partial charge in [0, 0.05) is 6.26 Å². The molecule has 92 valence electrons. The molecule has 0 fully saturated rings. The molecule has 16 heavy (non-hydrogen) atoms. The van der Waals surface area contributed by atoms with E-state index in [1.807, 2.05) is 0 Å². The zero-order valence-electron chi connectivity index (χ0n) is 9.86. The van der Waals surface area contributed by atoms with Crippen LogP contribution in [0, 0.1) is 5.92 Å². The van der Waals surface area contributed by atoms with Gasteiger partial charge in [-0.1, -0.05) is 13.8 Å². The molecule has 0 aliphatic rings. The zero-order chi connectivity index (χ0) is 12.2. The highest BCUT2D eigenvalue weighted by atomic mass is 32.2. The van der Waals surface area contributed by atoms with Crippen LogP contribution < -0.4 is 5.32 Å². The van der Waals surface area contributed by atoms with Gasteiger partial charge in [-0.25, -0.2) is 13.4 Å². The van der Waals surface area contributed by atoms with Crippen LogP contribution >= 0.6 is 0 Å². The summed E-state index contributed by atoms with van der Waals surface area (Å²) in [5.41, 5.74) is 0. The number of hydrogen-bond acceptors (Lipinski definition) is 5. The predicted octanol–water partition coefficient (Wildman–Crippen LogP) is 0.965. The predicted molar refractivity (Wildman–Crippen MR) is 61.6 cm³/mol. The van der Waals surface area contributed by atoms with E-state index in [2.05, 4.69) is 24.1 Å². The first-order valence-electron chi connectivity index (χ1n) is 5.19. The molecule has 0 bridgehead atoms. The van der Waals surface area contributed by atoms with Crippen molar-refractivity contribution in [3.05, 3.63) is 17.8 Å². The first-order chi connectivity index (χ1) is 7.37. The topological polar surface area (TPSA) is 72.2 Å². The molecule has 0 amide bonds. The van der Waals surface area contributed by atoms with Crippen LogP contribution in [0.3, 0.4) is 0 Å². The monoisotopic (exact) mass is 246 g/mol. The minimum absolute atomic E-state index is 0.0931. The van der Waals surface area contributed by atoms with E-state index in [1.54, 1.807) is 0 Å². The van der Waals surface area contributed by atoms with Crippen molar-refractivity contribution in [1.29, 1.82) is 0 Å². The van der Waals surface area contributed by atoms with E-state index in [4.69, 9.17) is 4.42 Å². The maximum Gasteiger partial charge on any atom is 0.208 e. The summed E-state index contributed by atoms with van der Waals surface area (Å²) in [5.74, 6) is 1.39. The van der Waals surface area contributed by atoms with Gasteiger partial charge in [-0.3, -0.25) is 0 Å². The normalized spacial score (nSPS) is 12.2. The molecule has 0 aliphatic heterocycles. The minimum atomic E-state index is -3.05. The van der Waals surface area contributed by atoms with Crippen LogP contribution in [0.15, 0.2) is 10.6 Å². The SMILES string of the molecule is CC(C)CNCc1ncc(CS(C)(=O)=O)o1. The number of nitrogens with zero attached hydrogens (tertiary/aromatic N) is 1. The standard InChI is InChI=1S/C10H18N2O3S/c1-8(2)4-11-6-10-12-5-9(15-10)7-16(3,13)14/h5,8,11H,4,6-7H2,1-3H3. The first-order valence-corrected chi connectivity index (χ1v) is 7.25. The van der Waals surface area contributed by atoms with E-state index >= 15 is 0 Å². The molecule has 0 aromatic carbocycles. The molecule has 0 saturated carbocycles. The third-order valence-corrected chi connectivity index (χ3v) is 2.64. The molecule has 0 spiro atoms. The van der Waals surface area contributed by atoms with Crippen LogP contribution in [-0.4, -0.2) is 26.2 Å². The van der Waals surface area contributed by atoms with Gasteiger partial charge < -0.3 is 9.73 Å². The van der Waals surface area contributed by atoms with Gasteiger partial charge in [0.2, 0.25) is 5.89 Å². The highest BCUT2D eigenvalue weighted by molar-refractivity contribution is 7.89. The van der Waals surface area contributed by atoms with E-state index in [0.29, 0.717) is 24.1 Å². The highest BCUT2D eigenvalue weighted by Crippen LogP contribution is 2.07. The second-order valence-corrected chi connectivity index (χ2v) is 6.46. The summed E-state index contributed by atoms with van der Waals surface area (Å²) in [4.78, 5) is 4.00. The van der Waals surface area contributed by atoms with Gasteiger partial charge >= 0.3 is 0 Å². The Morgan fingerprint density at radius 2 is 2.19 bits per heavy atom. The molecular formula is C10H18N2O3S. The third kappa shape index (κ3) is 5.27. The fourth-order valence-corrected chi connectivity index (χ4v) is 1.87. The second-order valence-electron chi connectivity index (χ2n) is 4.32. The number of oxazole rings is 1. The Kier molecular flexibility index (Phi) is 4.49. The molecule has 0 saturated heterocycles. The van der Waals surface area contributed by atoms with E-state index in [1.165, 1.54) is 12.5 Å². The van der Waals surface area contributed by atoms with Gasteiger partial charge in [0.1, 0.15) is 11.5 Å². The molecular weight excluding hydrogens is 228 g/mol. The van der Waals surface area contributed by atoms with Gasteiger partial charge in [-0.05, 0) is 12.5 Å². The molecule has 0 atom stereocenters. The summed E-state index contributed by atoms with van der Waals surface area (Å²) in [5, 5.41) is 3.17. The summed E-state index contributed by atoms with van der Waals surface area (Å²) < 4.78 is 27.3. The number of hydrogen-bond donors (Lipinski definition) is 1. The van der Waals surface area contributed by atoms with Crippen molar-refractivity contribution in [2.24, 2.45) is 5.92 Å². The van der Waals surface area contributed by atoms with Gasteiger partial charge in [-0.2, -0.15) is 0 Å². The number of sulfone groups is 1. The van der Waals surface area contributed by atoms with Crippen LogP contribution in [0.2, 0.25) is 0 Å². The van der Waals surface area contributed by atoms with Crippen LogP contribution in [0.4, 0.5) is 0 Å². The second kappa shape index (κ2) is 5.45. The average Bonchev–Trinajstić information content (AvgIpc) is 2.48. The first kappa shape index (κ1) is 13.2. The average molecular weight is 246 g/mol. The largest absolute Gasteiger partial charge is 0.443 e. The highest BCUT2D eigenvalue weighted by Gasteiger charge is 2.10. The van der Waals surface area contributed by atoms with Gasteiger partial charge in [0.15, 0.2) is 9.84 Å². The molecule has 1 N–H and O–H groups in total. The van der Waals surface area contributed by atoms with Gasteiger partial charge in [-0.15, -0.1) is 0 Å². The van der Waals surface area contributed by atoms with Crippen molar-refractivity contribution in [2.75, 3.05) is 12.8 Å². The van der Waals surface area contributed by atoms with Crippen molar-refractivity contribution in [2.45, 2.75) is 26.1 Å². The van der Waals surface area contributed by atoms with Crippen molar-refractivity contribution in [3.8, 4) is 0 Å². The Morgan fingerprint density at radius 3 is 2.75 bits per heavy atom. The molecule has 1 heterocycles.